The molecule has 2 unspecified atom stereocenters. The number of benzene rings is 1. The van der Waals surface area contributed by atoms with Crippen LogP contribution in [0.3, 0.4) is 0 Å². The summed E-state index contributed by atoms with van der Waals surface area (Å²) in [5.74, 6) is 0.746. The summed E-state index contributed by atoms with van der Waals surface area (Å²) in [5.41, 5.74) is 2.60. The smallest absolute Gasteiger partial charge is 0.0720 e. The van der Waals surface area contributed by atoms with Gasteiger partial charge in [0.1, 0.15) is 0 Å². The third-order valence-electron chi connectivity index (χ3n) is 3.37. The van der Waals surface area contributed by atoms with Gasteiger partial charge < -0.3 is 4.74 Å². The number of aryl methyl sites for hydroxylation is 1. The van der Waals surface area contributed by atoms with Crippen molar-refractivity contribution in [1.82, 2.24) is 0 Å². The molecule has 1 heteroatoms. The van der Waals surface area contributed by atoms with Gasteiger partial charge in [0.05, 0.1) is 12.7 Å². The SMILES string of the molecule is Cc1ccc(COC2CCCC2C)cc1. The molecule has 0 aliphatic heterocycles. The van der Waals surface area contributed by atoms with E-state index in [4.69, 9.17) is 4.74 Å². The number of rotatable bonds is 3. The zero-order valence-electron chi connectivity index (χ0n) is 9.70. The van der Waals surface area contributed by atoms with Crippen LogP contribution in [-0.4, -0.2) is 6.10 Å². The van der Waals surface area contributed by atoms with Gasteiger partial charge in [0.15, 0.2) is 0 Å². The maximum absolute atomic E-state index is 5.94. The molecule has 0 heterocycles. The fraction of sp³-hybridized carbons (Fsp3) is 0.571. The van der Waals surface area contributed by atoms with Crippen molar-refractivity contribution in [2.24, 2.45) is 5.92 Å². The molecule has 0 spiro atoms. The third kappa shape index (κ3) is 2.82. The lowest BCUT2D eigenvalue weighted by molar-refractivity contribution is 0.0206. The van der Waals surface area contributed by atoms with Crippen molar-refractivity contribution in [2.75, 3.05) is 0 Å². The van der Waals surface area contributed by atoms with Crippen LogP contribution in [0.4, 0.5) is 0 Å². The molecule has 15 heavy (non-hydrogen) atoms. The Kier molecular flexibility index (Phi) is 3.42. The van der Waals surface area contributed by atoms with Gasteiger partial charge in [-0.3, -0.25) is 0 Å². The van der Waals surface area contributed by atoms with Crippen LogP contribution >= 0.6 is 0 Å². The van der Waals surface area contributed by atoms with Gasteiger partial charge in [0.2, 0.25) is 0 Å². The molecule has 0 radical (unpaired) electrons. The predicted octanol–water partition coefficient (Wildman–Crippen LogP) is 3.70. The highest BCUT2D eigenvalue weighted by atomic mass is 16.5. The molecule has 82 valence electrons. The molecule has 0 saturated heterocycles. The molecular formula is C14H20O. The Bertz CT molecular complexity index is 302. The molecule has 0 amide bonds. The highest BCUT2D eigenvalue weighted by Gasteiger charge is 2.23. The highest BCUT2D eigenvalue weighted by molar-refractivity contribution is 5.20. The summed E-state index contributed by atoms with van der Waals surface area (Å²) in [4.78, 5) is 0. The maximum atomic E-state index is 5.94. The van der Waals surface area contributed by atoms with Crippen molar-refractivity contribution in [1.29, 1.82) is 0 Å². The van der Waals surface area contributed by atoms with E-state index in [0.29, 0.717) is 6.10 Å². The summed E-state index contributed by atoms with van der Waals surface area (Å²) >= 11 is 0. The van der Waals surface area contributed by atoms with Crippen LogP contribution in [0.5, 0.6) is 0 Å². The quantitative estimate of drug-likeness (QED) is 0.729. The number of hydrogen-bond donors (Lipinski definition) is 0. The standard InChI is InChI=1S/C14H20O/c1-11-6-8-13(9-7-11)10-15-14-5-3-4-12(14)2/h6-9,12,14H,3-5,10H2,1-2H3. The van der Waals surface area contributed by atoms with E-state index >= 15 is 0 Å². The lowest BCUT2D eigenvalue weighted by Gasteiger charge is -2.16. The second-order valence-corrected chi connectivity index (χ2v) is 4.74. The van der Waals surface area contributed by atoms with Crippen molar-refractivity contribution in [3.8, 4) is 0 Å². The molecule has 2 rings (SSSR count). The molecule has 1 aromatic carbocycles. The number of ether oxygens (including phenoxy) is 1. The Morgan fingerprint density at radius 2 is 1.93 bits per heavy atom. The van der Waals surface area contributed by atoms with Crippen LogP contribution < -0.4 is 0 Å². The first-order valence-corrected chi connectivity index (χ1v) is 5.93. The zero-order valence-corrected chi connectivity index (χ0v) is 9.70. The van der Waals surface area contributed by atoms with Gasteiger partial charge in [-0.1, -0.05) is 43.2 Å². The van der Waals surface area contributed by atoms with Gasteiger partial charge in [-0.15, -0.1) is 0 Å². The first-order chi connectivity index (χ1) is 7.25. The zero-order chi connectivity index (χ0) is 10.7. The molecule has 1 aliphatic rings. The normalized spacial score (nSPS) is 25.7. The summed E-state index contributed by atoms with van der Waals surface area (Å²) < 4.78 is 5.94. The van der Waals surface area contributed by atoms with Crippen molar-refractivity contribution in [3.05, 3.63) is 35.4 Å². The summed E-state index contributed by atoms with van der Waals surface area (Å²) in [6.07, 6.45) is 4.40. The van der Waals surface area contributed by atoms with E-state index in [1.165, 1.54) is 30.4 Å². The molecule has 0 aromatic heterocycles. The largest absolute Gasteiger partial charge is 0.373 e. The minimum Gasteiger partial charge on any atom is -0.373 e. The summed E-state index contributed by atoms with van der Waals surface area (Å²) in [5, 5.41) is 0. The van der Waals surface area contributed by atoms with Gasteiger partial charge >= 0.3 is 0 Å². The van der Waals surface area contributed by atoms with Crippen molar-refractivity contribution >= 4 is 0 Å². The van der Waals surface area contributed by atoms with Crippen LogP contribution in [0.1, 0.15) is 37.3 Å². The topological polar surface area (TPSA) is 9.23 Å². The molecule has 0 bridgehead atoms. The summed E-state index contributed by atoms with van der Waals surface area (Å²) in [7, 11) is 0. The van der Waals surface area contributed by atoms with Crippen LogP contribution in [0.25, 0.3) is 0 Å². The molecule has 0 N–H and O–H groups in total. The van der Waals surface area contributed by atoms with Crippen molar-refractivity contribution < 1.29 is 4.74 Å². The average Bonchev–Trinajstić information content (AvgIpc) is 2.63. The van der Waals surface area contributed by atoms with E-state index in [9.17, 15) is 0 Å². The number of hydrogen-bond acceptors (Lipinski definition) is 1. The predicted molar refractivity (Wildman–Crippen MR) is 62.8 cm³/mol. The first-order valence-electron chi connectivity index (χ1n) is 5.93. The van der Waals surface area contributed by atoms with Crippen LogP contribution in [0.15, 0.2) is 24.3 Å². The fourth-order valence-electron chi connectivity index (χ4n) is 2.25. The molecule has 1 fully saturated rings. The highest BCUT2D eigenvalue weighted by Crippen LogP contribution is 2.28. The first kappa shape index (κ1) is 10.7. The molecule has 1 aliphatic carbocycles. The van der Waals surface area contributed by atoms with E-state index in [-0.39, 0.29) is 0 Å². The van der Waals surface area contributed by atoms with Gasteiger partial charge in [-0.2, -0.15) is 0 Å². The second-order valence-electron chi connectivity index (χ2n) is 4.74. The Hall–Kier alpha value is -0.820. The second kappa shape index (κ2) is 4.80. The molecule has 2 atom stereocenters. The van der Waals surface area contributed by atoms with Crippen LogP contribution in [-0.2, 0) is 11.3 Å². The monoisotopic (exact) mass is 204 g/mol. The molecule has 1 aromatic rings. The van der Waals surface area contributed by atoms with E-state index in [1.54, 1.807) is 0 Å². The van der Waals surface area contributed by atoms with Gasteiger partial charge in [0.25, 0.3) is 0 Å². The Labute approximate surface area is 92.5 Å². The Morgan fingerprint density at radius 1 is 1.20 bits per heavy atom. The van der Waals surface area contributed by atoms with E-state index in [0.717, 1.165) is 12.5 Å². The maximum Gasteiger partial charge on any atom is 0.0720 e. The van der Waals surface area contributed by atoms with Gasteiger partial charge in [-0.05, 0) is 31.2 Å². The molecular weight excluding hydrogens is 184 g/mol. The van der Waals surface area contributed by atoms with Gasteiger partial charge in [-0.25, -0.2) is 0 Å². The van der Waals surface area contributed by atoms with E-state index in [1.807, 2.05) is 0 Å². The van der Waals surface area contributed by atoms with E-state index < -0.39 is 0 Å². The summed E-state index contributed by atoms with van der Waals surface area (Å²) in [6, 6.07) is 8.62. The Balaban J connectivity index is 1.85. The van der Waals surface area contributed by atoms with Gasteiger partial charge in [0, 0.05) is 0 Å². The van der Waals surface area contributed by atoms with Crippen molar-refractivity contribution in [2.45, 2.75) is 45.8 Å². The third-order valence-corrected chi connectivity index (χ3v) is 3.37. The minimum atomic E-state index is 0.492. The van der Waals surface area contributed by atoms with Crippen LogP contribution in [0.2, 0.25) is 0 Å². The van der Waals surface area contributed by atoms with E-state index in [2.05, 4.69) is 38.1 Å². The average molecular weight is 204 g/mol. The molecule has 1 nitrogen and oxygen atoms in total. The fourth-order valence-corrected chi connectivity index (χ4v) is 2.25. The minimum absolute atomic E-state index is 0.492. The summed E-state index contributed by atoms with van der Waals surface area (Å²) in [6.45, 7) is 5.19. The van der Waals surface area contributed by atoms with Crippen LogP contribution in [0, 0.1) is 12.8 Å². The Morgan fingerprint density at radius 3 is 2.53 bits per heavy atom. The lowest BCUT2D eigenvalue weighted by Crippen LogP contribution is -2.15. The van der Waals surface area contributed by atoms with Crippen molar-refractivity contribution in [3.63, 3.8) is 0 Å². The lowest BCUT2D eigenvalue weighted by atomic mass is 10.1. The molecule has 1 saturated carbocycles.